The number of hydrogen-bond donors (Lipinski definition) is 1. The van der Waals surface area contributed by atoms with E-state index in [4.69, 9.17) is 9.47 Å². The molecule has 0 heterocycles. The molecule has 3 aromatic carbocycles. The van der Waals surface area contributed by atoms with E-state index >= 15 is 0 Å². The van der Waals surface area contributed by atoms with E-state index < -0.39 is 10.0 Å². The molecule has 0 aliphatic rings. The van der Waals surface area contributed by atoms with Gasteiger partial charge < -0.3 is 9.47 Å². The SMILES string of the molecule is COc1ccc(OC)c(NS(=O)(=O)c2cccc3ccccc23)c1. The van der Waals surface area contributed by atoms with Crippen LogP contribution in [0, 0.1) is 0 Å². The van der Waals surface area contributed by atoms with E-state index in [1.807, 2.05) is 24.3 Å². The number of ether oxygens (including phenoxy) is 2. The summed E-state index contributed by atoms with van der Waals surface area (Å²) >= 11 is 0. The van der Waals surface area contributed by atoms with Gasteiger partial charge in [0.1, 0.15) is 11.5 Å². The Bertz CT molecular complexity index is 978. The lowest BCUT2D eigenvalue weighted by Crippen LogP contribution is -2.14. The molecule has 1 N–H and O–H groups in total. The molecule has 0 saturated carbocycles. The van der Waals surface area contributed by atoms with Crippen LogP contribution >= 0.6 is 0 Å². The fraction of sp³-hybridized carbons (Fsp3) is 0.111. The first-order valence-corrected chi connectivity index (χ1v) is 8.76. The van der Waals surface area contributed by atoms with Crippen LogP contribution in [-0.4, -0.2) is 22.6 Å². The number of benzene rings is 3. The number of rotatable bonds is 5. The molecular formula is C18H17NO4S. The number of sulfonamides is 1. The minimum absolute atomic E-state index is 0.213. The van der Waals surface area contributed by atoms with Crippen molar-refractivity contribution in [3.63, 3.8) is 0 Å². The second-order valence-corrected chi connectivity index (χ2v) is 6.80. The van der Waals surface area contributed by atoms with Gasteiger partial charge in [-0.2, -0.15) is 0 Å². The zero-order valence-electron chi connectivity index (χ0n) is 13.3. The average Bonchev–Trinajstić information content (AvgIpc) is 2.60. The molecule has 5 nitrogen and oxygen atoms in total. The highest BCUT2D eigenvalue weighted by Crippen LogP contribution is 2.32. The van der Waals surface area contributed by atoms with Crippen LogP contribution in [0.15, 0.2) is 65.6 Å². The number of methoxy groups -OCH3 is 2. The first-order valence-electron chi connectivity index (χ1n) is 7.28. The largest absolute Gasteiger partial charge is 0.497 e. The molecule has 0 aliphatic carbocycles. The van der Waals surface area contributed by atoms with E-state index in [-0.39, 0.29) is 4.90 Å². The molecule has 0 amide bonds. The highest BCUT2D eigenvalue weighted by molar-refractivity contribution is 7.93. The van der Waals surface area contributed by atoms with Crippen molar-refractivity contribution in [1.29, 1.82) is 0 Å². The highest BCUT2D eigenvalue weighted by Gasteiger charge is 2.19. The molecule has 0 spiro atoms. The van der Waals surface area contributed by atoms with Crippen LogP contribution in [-0.2, 0) is 10.0 Å². The van der Waals surface area contributed by atoms with Gasteiger partial charge in [0.15, 0.2) is 0 Å². The quantitative estimate of drug-likeness (QED) is 0.768. The average molecular weight is 343 g/mol. The predicted octanol–water partition coefficient (Wildman–Crippen LogP) is 3.66. The maximum Gasteiger partial charge on any atom is 0.262 e. The molecular weight excluding hydrogens is 326 g/mol. The van der Waals surface area contributed by atoms with Crippen molar-refractivity contribution in [2.75, 3.05) is 18.9 Å². The van der Waals surface area contributed by atoms with Gasteiger partial charge in [-0.3, -0.25) is 4.72 Å². The Morgan fingerprint density at radius 3 is 2.38 bits per heavy atom. The lowest BCUT2D eigenvalue weighted by atomic mass is 10.1. The van der Waals surface area contributed by atoms with E-state index in [1.54, 1.807) is 36.4 Å². The molecule has 124 valence electrons. The van der Waals surface area contributed by atoms with Crippen LogP contribution in [0.2, 0.25) is 0 Å². The topological polar surface area (TPSA) is 64.6 Å². The minimum atomic E-state index is -3.78. The Morgan fingerprint density at radius 2 is 1.62 bits per heavy atom. The van der Waals surface area contributed by atoms with Gasteiger partial charge >= 0.3 is 0 Å². The molecule has 0 aliphatic heterocycles. The van der Waals surface area contributed by atoms with Gasteiger partial charge in [-0.15, -0.1) is 0 Å². The second kappa shape index (κ2) is 6.41. The van der Waals surface area contributed by atoms with Crippen molar-refractivity contribution in [3.8, 4) is 11.5 Å². The molecule has 0 aromatic heterocycles. The van der Waals surface area contributed by atoms with Crippen LogP contribution in [0.1, 0.15) is 0 Å². The molecule has 3 aromatic rings. The van der Waals surface area contributed by atoms with Crippen molar-refractivity contribution < 1.29 is 17.9 Å². The van der Waals surface area contributed by atoms with Crippen LogP contribution < -0.4 is 14.2 Å². The van der Waals surface area contributed by atoms with Crippen LogP contribution in [0.4, 0.5) is 5.69 Å². The summed E-state index contributed by atoms with van der Waals surface area (Å²) in [5.74, 6) is 0.950. The number of fused-ring (bicyclic) bond motifs is 1. The summed E-state index contributed by atoms with van der Waals surface area (Å²) in [4.78, 5) is 0.213. The summed E-state index contributed by atoms with van der Waals surface area (Å²) in [5.41, 5.74) is 0.324. The third-order valence-electron chi connectivity index (χ3n) is 3.69. The summed E-state index contributed by atoms with van der Waals surface area (Å²) in [6.45, 7) is 0. The molecule has 3 rings (SSSR count). The third kappa shape index (κ3) is 3.00. The van der Waals surface area contributed by atoms with Gasteiger partial charge in [-0.25, -0.2) is 8.42 Å². The number of nitrogens with one attached hydrogen (secondary N) is 1. The Morgan fingerprint density at radius 1 is 0.875 bits per heavy atom. The van der Waals surface area contributed by atoms with Crippen LogP contribution in [0.5, 0.6) is 11.5 Å². The highest BCUT2D eigenvalue weighted by atomic mass is 32.2. The molecule has 0 bridgehead atoms. The first-order chi connectivity index (χ1) is 11.5. The standard InChI is InChI=1S/C18H17NO4S/c1-22-14-10-11-17(23-2)16(12-14)19-24(20,21)18-9-5-7-13-6-3-4-8-15(13)18/h3-12,19H,1-2H3. The van der Waals surface area contributed by atoms with E-state index in [0.29, 0.717) is 22.6 Å². The second-order valence-electron chi connectivity index (χ2n) is 5.15. The van der Waals surface area contributed by atoms with E-state index in [1.165, 1.54) is 14.2 Å². The maximum absolute atomic E-state index is 12.9. The summed E-state index contributed by atoms with van der Waals surface area (Å²) in [6.07, 6.45) is 0. The Hall–Kier alpha value is -2.73. The predicted molar refractivity (Wildman–Crippen MR) is 94.3 cm³/mol. The van der Waals surface area contributed by atoms with Crippen LogP contribution in [0.3, 0.4) is 0 Å². The smallest absolute Gasteiger partial charge is 0.262 e. The molecule has 0 saturated heterocycles. The van der Waals surface area contributed by atoms with Crippen LogP contribution in [0.25, 0.3) is 10.8 Å². The third-order valence-corrected chi connectivity index (χ3v) is 5.11. The summed E-state index contributed by atoms with van der Waals surface area (Å²) in [6, 6.07) is 17.5. The molecule has 0 unspecified atom stereocenters. The van der Waals surface area contributed by atoms with Crippen molar-refractivity contribution in [2.24, 2.45) is 0 Å². The summed E-state index contributed by atoms with van der Waals surface area (Å²) in [5, 5.41) is 1.52. The minimum Gasteiger partial charge on any atom is -0.497 e. The van der Waals surface area contributed by atoms with E-state index in [2.05, 4.69) is 4.72 Å². The normalized spacial score (nSPS) is 11.2. The summed E-state index contributed by atoms with van der Waals surface area (Å²) in [7, 11) is -0.781. The maximum atomic E-state index is 12.9. The Balaban J connectivity index is 2.09. The molecule has 0 fully saturated rings. The van der Waals surface area contributed by atoms with Gasteiger partial charge in [-0.1, -0.05) is 36.4 Å². The molecule has 24 heavy (non-hydrogen) atoms. The fourth-order valence-corrected chi connectivity index (χ4v) is 3.82. The molecule has 0 radical (unpaired) electrons. The zero-order chi connectivity index (χ0) is 17.2. The van der Waals surface area contributed by atoms with Crippen molar-refractivity contribution in [3.05, 3.63) is 60.7 Å². The first kappa shape index (κ1) is 16.1. The van der Waals surface area contributed by atoms with Gasteiger partial charge in [0.25, 0.3) is 10.0 Å². The van der Waals surface area contributed by atoms with Gasteiger partial charge in [0, 0.05) is 11.5 Å². The Kier molecular flexibility index (Phi) is 4.31. The fourth-order valence-electron chi connectivity index (χ4n) is 2.52. The molecule has 0 atom stereocenters. The van der Waals surface area contributed by atoms with Gasteiger partial charge in [0.05, 0.1) is 24.8 Å². The lowest BCUT2D eigenvalue weighted by molar-refractivity contribution is 0.405. The van der Waals surface area contributed by atoms with Crippen molar-refractivity contribution >= 4 is 26.5 Å². The number of anilines is 1. The Labute approximate surface area is 140 Å². The number of hydrogen-bond acceptors (Lipinski definition) is 4. The van der Waals surface area contributed by atoms with Gasteiger partial charge in [-0.05, 0) is 23.6 Å². The van der Waals surface area contributed by atoms with Crippen molar-refractivity contribution in [1.82, 2.24) is 0 Å². The van der Waals surface area contributed by atoms with E-state index in [0.717, 1.165) is 5.39 Å². The van der Waals surface area contributed by atoms with E-state index in [9.17, 15) is 8.42 Å². The monoisotopic (exact) mass is 343 g/mol. The summed E-state index contributed by atoms with van der Waals surface area (Å²) < 4.78 is 38.7. The molecule has 6 heteroatoms. The van der Waals surface area contributed by atoms with Crippen molar-refractivity contribution in [2.45, 2.75) is 4.90 Å². The zero-order valence-corrected chi connectivity index (χ0v) is 14.1. The van der Waals surface area contributed by atoms with Gasteiger partial charge in [0.2, 0.25) is 0 Å². The lowest BCUT2D eigenvalue weighted by Gasteiger charge is -2.14.